The van der Waals surface area contributed by atoms with Crippen molar-refractivity contribution in [1.29, 1.82) is 0 Å². The third-order valence-electron chi connectivity index (χ3n) is 3.20. The number of amides is 1. The Bertz CT molecular complexity index is 556. The molecular formula is C13H14Cl2N2O4. The number of nitrogens with one attached hydrogen (secondary N) is 1. The normalized spacial score (nSPS) is 21.3. The van der Waals surface area contributed by atoms with Gasteiger partial charge in [0.15, 0.2) is 0 Å². The number of rotatable bonds is 4. The molecule has 1 aromatic carbocycles. The van der Waals surface area contributed by atoms with Crippen molar-refractivity contribution in [3.8, 4) is 0 Å². The summed E-state index contributed by atoms with van der Waals surface area (Å²) in [6.45, 7) is 0.360. The predicted octanol–water partition coefficient (Wildman–Crippen LogP) is 2.14. The van der Waals surface area contributed by atoms with Gasteiger partial charge in [0.05, 0.1) is 27.4 Å². The van der Waals surface area contributed by atoms with Crippen LogP contribution in [0.5, 0.6) is 0 Å². The van der Waals surface area contributed by atoms with Gasteiger partial charge in [0.1, 0.15) is 6.10 Å². The summed E-state index contributed by atoms with van der Waals surface area (Å²) in [4.78, 5) is 23.0. The van der Waals surface area contributed by atoms with Crippen LogP contribution in [0.25, 0.3) is 0 Å². The number of carbonyl (C=O) groups is 2. The molecule has 114 valence electrons. The lowest BCUT2D eigenvalue weighted by molar-refractivity contribution is -0.126. The number of aromatic carboxylic acids is 1. The average Bonchev–Trinajstić information content (AvgIpc) is 2.91. The third-order valence-corrected chi connectivity index (χ3v) is 3.80. The molecular weight excluding hydrogens is 319 g/mol. The molecule has 0 radical (unpaired) electrons. The lowest BCUT2D eigenvalue weighted by atomic mass is 10.1. The van der Waals surface area contributed by atoms with E-state index >= 15 is 0 Å². The van der Waals surface area contributed by atoms with E-state index in [1.807, 2.05) is 0 Å². The van der Waals surface area contributed by atoms with Crippen LogP contribution in [-0.4, -0.2) is 35.7 Å². The Morgan fingerprint density at radius 3 is 2.43 bits per heavy atom. The van der Waals surface area contributed by atoms with Crippen LogP contribution in [-0.2, 0) is 9.53 Å². The monoisotopic (exact) mass is 332 g/mol. The van der Waals surface area contributed by atoms with Gasteiger partial charge in [-0.25, -0.2) is 4.79 Å². The second-order valence-electron chi connectivity index (χ2n) is 4.67. The largest absolute Gasteiger partial charge is 0.478 e. The fourth-order valence-corrected chi connectivity index (χ4v) is 2.67. The van der Waals surface area contributed by atoms with Gasteiger partial charge in [0, 0.05) is 6.54 Å². The lowest BCUT2D eigenvalue weighted by Crippen LogP contribution is -2.30. The standard InChI is InChI=1S/C13H14Cl2N2O4/c14-8-3-6(13(19)20)4-9(15)11(8)17-12(18)10-2-1-7(5-16)21-10/h3-4,7,10H,1-2,5,16H2,(H,17,18)(H,19,20). The Morgan fingerprint density at radius 2 is 1.95 bits per heavy atom. The minimum absolute atomic E-state index is 0.0525. The van der Waals surface area contributed by atoms with E-state index in [4.69, 9.17) is 38.8 Å². The van der Waals surface area contributed by atoms with Crippen molar-refractivity contribution < 1.29 is 19.4 Å². The van der Waals surface area contributed by atoms with Crippen molar-refractivity contribution in [2.45, 2.75) is 25.0 Å². The second-order valence-corrected chi connectivity index (χ2v) is 5.48. The molecule has 1 aromatic rings. The van der Waals surface area contributed by atoms with Crippen molar-refractivity contribution in [1.82, 2.24) is 0 Å². The minimum atomic E-state index is -1.15. The summed E-state index contributed by atoms with van der Waals surface area (Å²) in [5, 5.41) is 11.6. The van der Waals surface area contributed by atoms with Crippen molar-refractivity contribution in [3.63, 3.8) is 0 Å². The van der Waals surface area contributed by atoms with E-state index in [1.54, 1.807) is 0 Å². The molecule has 1 heterocycles. The van der Waals surface area contributed by atoms with E-state index in [2.05, 4.69) is 5.32 Å². The summed E-state index contributed by atoms with van der Waals surface area (Å²) < 4.78 is 5.47. The van der Waals surface area contributed by atoms with E-state index in [-0.39, 0.29) is 33.3 Å². The first-order valence-corrected chi connectivity index (χ1v) is 7.06. The summed E-state index contributed by atoms with van der Waals surface area (Å²) in [6.07, 6.45) is 0.551. The summed E-state index contributed by atoms with van der Waals surface area (Å²) in [6, 6.07) is 2.45. The molecule has 8 heteroatoms. The maximum absolute atomic E-state index is 12.1. The summed E-state index contributed by atoms with van der Waals surface area (Å²) in [5.74, 6) is -1.53. The molecule has 2 atom stereocenters. The van der Waals surface area contributed by atoms with Gasteiger partial charge < -0.3 is 20.9 Å². The van der Waals surface area contributed by atoms with Crippen LogP contribution >= 0.6 is 23.2 Å². The van der Waals surface area contributed by atoms with E-state index in [1.165, 1.54) is 12.1 Å². The van der Waals surface area contributed by atoms with Crippen LogP contribution in [0.15, 0.2) is 12.1 Å². The fourth-order valence-electron chi connectivity index (χ4n) is 2.09. The van der Waals surface area contributed by atoms with Crippen LogP contribution in [0.4, 0.5) is 5.69 Å². The number of anilines is 1. The van der Waals surface area contributed by atoms with Crippen molar-refractivity contribution >= 4 is 40.8 Å². The molecule has 1 fully saturated rings. The third kappa shape index (κ3) is 3.65. The molecule has 2 unspecified atom stereocenters. The quantitative estimate of drug-likeness (QED) is 0.783. The van der Waals surface area contributed by atoms with E-state index < -0.39 is 12.1 Å². The van der Waals surface area contributed by atoms with Crippen LogP contribution < -0.4 is 11.1 Å². The fraction of sp³-hybridized carbons (Fsp3) is 0.385. The van der Waals surface area contributed by atoms with E-state index in [0.717, 1.165) is 0 Å². The Hall–Kier alpha value is -1.34. The molecule has 21 heavy (non-hydrogen) atoms. The molecule has 0 aliphatic carbocycles. The number of carboxylic acids is 1. The van der Waals surface area contributed by atoms with Crippen molar-refractivity contribution in [2.75, 3.05) is 11.9 Å². The molecule has 2 rings (SSSR count). The van der Waals surface area contributed by atoms with Gasteiger partial charge in [-0.1, -0.05) is 23.2 Å². The zero-order valence-electron chi connectivity index (χ0n) is 10.9. The number of carboxylic acid groups (broad SMARTS) is 1. The number of halogens is 2. The van der Waals surface area contributed by atoms with Crippen molar-refractivity contribution in [3.05, 3.63) is 27.7 Å². The maximum atomic E-state index is 12.1. The van der Waals surface area contributed by atoms with Gasteiger partial charge >= 0.3 is 5.97 Å². The number of carbonyl (C=O) groups excluding carboxylic acids is 1. The molecule has 6 nitrogen and oxygen atoms in total. The van der Waals surface area contributed by atoms with E-state index in [9.17, 15) is 9.59 Å². The molecule has 0 aromatic heterocycles. The Kier molecular flexibility index (Phi) is 5.05. The van der Waals surface area contributed by atoms with Crippen LogP contribution in [0.3, 0.4) is 0 Å². The van der Waals surface area contributed by atoms with Crippen LogP contribution in [0, 0.1) is 0 Å². The Balaban J connectivity index is 2.13. The first-order valence-electron chi connectivity index (χ1n) is 6.31. The molecule has 0 saturated carbocycles. The number of benzene rings is 1. The number of hydrogen-bond donors (Lipinski definition) is 3. The molecule has 0 spiro atoms. The first-order chi connectivity index (χ1) is 9.92. The highest BCUT2D eigenvalue weighted by Crippen LogP contribution is 2.32. The average molecular weight is 333 g/mol. The minimum Gasteiger partial charge on any atom is -0.478 e. The first kappa shape index (κ1) is 16.0. The van der Waals surface area contributed by atoms with Gasteiger partial charge in [-0.15, -0.1) is 0 Å². The highest BCUT2D eigenvalue weighted by atomic mass is 35.5. The molecule has 1 aliphatic rings. The number of ether oxygens (including phenoxy) is 1. The number of hydrogen-bond acceptors (Lipinski definition) is 4. The maximum Gasteiger partial charge on any atom is 0.335 e. The van der Waals surface area contributed by atoms with E-state index in [0.29, 0.717) is 19.4 Å². The van der Waals surface area contributed by atoms with Crippen LogP contribution in [0.1, 0.15) is 23.2 Å². The predicted molar refractivity (Wildman–Crippen MR) is 79.0 cm³/mol. The molecule has 4 N–H and O–H groups in total. The molecule has 1 saturated heterocycles. The molecule has 0 bridgehead atoms. The van der Waals surface area contributed by atoms with Crippen LogP contribution in [0.2, 0.25) is 10.0 Å². The number of nitrogens with two attached hydrogens (primary N) is 1. The zero-order chi connectivity index (χ0) is 15.6. The van der Waals surface area contributed by atoms with Gasteiger partial charge in [-0.3, -0.25) is 4.79 Å². The lowest BCUT2D eigenvalue weighted by Gasteiger charge is -2.15. The topological polar surface area (TPSA) is 102 Å². The molecule has 1 aliphatic heterocycles. The SMILES string of the molecule is NCC1CCC(C(=O)Nc2c(Cl)cc(C(=O)O)cc2Cl)O1. The second kappa shape index (κ2) is 6.62. The van der Waals surface area contributed by atoms with Gasteiger partial charge in [-0.05, 0) is 25.0 Å². The highest BCUT2D eigenvalue weighted by Gasteiger charge is 2.30. The van der Waals surface area contributed by atoms with Gasteiger partial charge in [0.2, 0.25) is 0 Å². The summed E-state index contributed by atoms with van der Waals surface area (Å²) >= 11 is 11.9. The highest BCUT2D eigenvalue weighted by molar-refractivity contribution is 6.40. The molecule has 1 amide bonds. The van der Waals surface area contributed by atoms with Gasteiger partial charge in [0.25, 0.3) is 5.91 Å². The summed E-state index contributed by atoms with van der Waals surface area (Å²) in [5.41, 5.74) is 5.61. The van der Waals surface area contributed by atoms with Gasteiger partial charge in [-0.2, -0.15) is 0 Å². The Labute approximate surface area is 131 Å². The smallest absolute Gasteiger partial charge is 0.335 e. The zero-order valence-corrected chi connectivity index (χ0v) is 12.4. The Morgan fingerprint density at radius 1 is 1.33 bits per heavy atom. The summed E-state index contributed by atoms with van der Waals surface area (Å²) in [7, 11) is 0. The van der Waals surface area contributed by atoms with Crippen molar-refractivity contribution in [2.24, 2.45) is 5.73 Å².